The van der Waals surface area contributed by atoms with Crippen LogP contribution in [0.3, 0.4) is 0 Å². The van der Waals surface area contributed by atoms with Gasteiger partial charge >= 0.3 is 5.97 Å². The van der Waals surface area contributed by atoms with Crippen LogP contribution in [0.4, 0.5) is 0 Å². The van der Waals surface area contributed by atoms with Crippen LogP contribution in [0.5, 0.6) is 0 Å². The highest BCUT2D eigenvalue weighted by atomic mass is 16.4. The molecule has 0 radical (unpaired) electrons. The molecule has 1 rings (SSSR count). The number of amides is 4. The van der Waals surface area contributed by atoms with Gasteiger partial charge in [-0.2, -0.15) is 0 Å². The summed E-state index contributed by atoms with van der Waals surface area (Å²) in [5, 5.41) is 14.7. The fourth-order valence-electron chi connectivity index (χ4n) is 3.73. The van der Waals surface area contributed by atoms with Crippen molar-refractivity contribution in [1.29, 1.82) is 0 Å². The number of nitrogens with zero attached hydrogens (tertiary/aromatic N) is 1. The van der Waals surface area contributed by atoms with E-state index in [2.05, 4.69) is 10.6 Å². The van der Waals surface area contributed by atoms with E-state index in [9.17, 15) is 29.1 Å². The van der Waals surface area contributed by atoms with Gasteiger partial charge in [-0.3, -0.25) is 19.2 Å². The first kappa shape index (κ1) is 27.3. The molecule has 0 aromatic rings. The Hall–Kier alpha value is -2.69. The number of carboxylic acids is 1. The third-order valence-corrected chi connectivity index (χ3v) is 5.69. The van der Waals surface area contributed by atoms with Gasteiger partial charge in [0.25, 0.3) is 0 Å². The molecule has 1 aliphatic rings. The quantitative estimate of drug-likeness (QED) is 0.258. The molecule has 11 nitrogen and oxygen atoms in total. The Labute approximate surface area is 188 Å². The van der Waals surface area contributed by atoms with E-state index in [0.717, 1.165) is 0 Å². The number of aliphatic carboxylic acids is 1. The summed E-state index contributed by atoms with van der Waals surface area (Å²) in [4.78, 5) is 62.4. The molecule has 5 atom stereocenters. The Bertz CT molecular complexity index is 713. The first-order valence-electron chi connectivity index (χ1n) is 11.1. The molecule has 32 heavy (non-hydrogen) atoms. The topological polar surface area (TPSA) is 185 Å². The molecule has 11 heteroatoms. The number of primary amides is 1. The molecule has 5 unspecified atom stereocenters. The Morgan fingerprint density at radius 2 is 1.75 bits per heavy atom. The standard InChI is InChI=1S/C21H37N5O6/c1-5-12(4)17(21(31)32)25-18(28)14(9-11(2)3)24-19(29)15-7-6-8-26(15)20(30)13(22)10-16(23)27/h11-15,17H,5-10,22H2,1-4H3,(H2,23,27)(H,24,29)(H,25,28)(H,31,32). The molecule has 0 aliphatic carbocycles. The number of rotatable bonds is 12. The lowest BCUT2D eigenvalue weighted by Gasteiger charge is -2.29. The average molecular weight is 456 g/mol. The number of carboxylic acid groups (broad SMARTS) is 1. The maximum absolute atomic E-state index is 13.0. The van der Waals surface area contributed by atoms with Crippen LogP contribution in [0.1, 0.15) is 59.8 Å². The van der Waals surface area contributed by atoms with Crippen LogP contribution in [0.25, 0.3) is 0 Å². The van der Waals surface area contributed by atoms with Gasteiger partial charge < -0.3 is 32.1 Å². The van der Waals surface area contributed by atoms with Gasteiger partial charge in [0.05, 0.1) is 12.5 Å². The number of hydrogen-bond donors (Lipinski definition) is 5. The molecule has 1 saturated heterocycles. The second kappa shape index (κ2) is 12.4. The molecule has 7 N–H and O–H groups in total. The smallest absolute Gasteiger partial charge is 0.326 e. The normalized spacial score (nSPS) is 19.7. The monoisotopic (exact) mass is 455 g/mol. The third-order valence-electron chi connectivity index (χ3n) is 5.69. The molecular weight excluding hydrogens is 418 g/mol. The maximum Gasteiger partial charge on any atom is 0.326 e. The number of likely N-dealkylation sites (tertiary alicyclic amines) is 1. The van der Waals surface area contributed by atoms with Crippen LogP contribution in [0, 0.1) is 11.8 Å². The van der Waals surface area contributed by atoms with Crippen LogP contribution in [-0.2, 0) is 24.0 Å². The van der Waals surface area contributed by atoms with Gasteiger partial charge in [-0.25, -0.2) is 4.79 Å². The maximum atomic E-state index is 13.0. The Balaban J connectivity index is 2.94. The zero-order valence-electron chi connectivity index (χ0n) is 19.3. The van der Waals surface area contributed by atoms with E-state index in [1.165, 1.54) is 4.90 Å². The lowest BCUT2D eigenvalue weighted by molar-refractivity contribution is -0.144. The number of carbonyl (C=O) groups excluding carboxylic acids is 4. The molecule has 0 bridgehead atoms. The zero-order chi connectivity index (χ0) is 24.6. The minimum atomic E-state index is -1.14. The number of nitrogens with one attached hydrogen (secondary N) is 2. The second-order valence-corrected chi connectivity index (χ2v) is 8.87. The van der Waals surface area contributed by atoms with Gasteiger partial charge in [0.2, 0.25) is 23.6 Å². The summed E-state index contributed by atoms with van der Waals surface area (Å²) < 4.78 is 0. The Morgan fingerprint density at radius 3 is 2.25 bits per heavy atom. The van der Waals surface area contributed by atoms with E-state index in [1.807, 2.05) is 20.8 Å². The van der Waals surface area contributed by atoms with Crippen LogP contribution in [0.15, 0.2) is 0 Å². The SMILES string of the molecule is CCC(C)C(NC(=O)C(CC(C)C)NC(=O)C1CCCN1C(=O)C(N)CC(N)=O)C(=O)O. The number of carbonyl (C=O) groups is 5. The van der Waals surface area contributed by atoms with Crippen molar-refractivity contribution in [3.8, 4) is 0 Å². The molecule has 1 aliphatic heterocycles. The minimum absolute atomic E-state index is 0.0447. The summed E-state index contributed by atoms with van der Waals surface area (Å²) in [6.07, 6.45) is 1.49. The number of hydrogen-bond acceptors (Lipinski definition) is 6. The first-order valence-corrected chi connectivity index (χ1v) is 11.1. The van der Waals surface area contributed by atoms with E-state index in [0.29, 0.717) is 32.2 Å². The molecule has 1 fully saturated rings. The average Bonchev–Trinajstić information content (AvgIpc) is 3.18. The summed E-state index contributed by atoms with van der Waals surface area (Å²) in [5.41, 5.74) is 10.9. The zero-order valence-corrected chi connectivity index (χ0v) is 19.3. The van der Waals surface area contributed by atoms with Crippen LogP contribution < -0.4 is 22.1 Å². The van der Waals surface area contributed by atoms with Crippen molar-refractivity contribution in [3.63, 3.8) is 0 Å². The van der Waals surface area contributed by atoms with Gasteiger partial charge in [-0.1, -0.05) is 34.1 Å². The predicted molar refractivity (Wildman–Crippen MR) is 117 cm³/mol. The van der Waals surface area contributed by atoms with Crippen molar-refractivity contribution in [2.75, 3.05) is 6.54 Å². The minimum Gasteiger partial charge on any atom is -0.480 e. The summed E-state index contributed by atoms with van der Waals surface area (Å²) >= 11 is 0. The molecule has 0 aromatic carbocycles. The summed E-state index contributed by atoms with van der Waals surface area (Å²) in [5.74, 6) is -3.74. The van der Waals surface area contributed by atoms with Gasteiger partial charge in [-0.05, 0) is 31.1 Å². The highest BCUT2D eigenvalue weighted by molar-refractivity contribution is 5.95. The fourth-order valence-corrected chi connectivity index (χ4v) is 3.73. The van der Waals surface area contributed by atoms with E-state index in [1.54, 1.807) is 6.92 Å². The van der Waals surface area contributed by atoms with Gasteiger partial charge in [-0.15, -0.1) is 0 Å². The molecular formula is C21H37N5O6. The van der Waals surface area contributed by atoms with E-state index < -0.39 is 53.8 Å². The van der Waals surface area contributed by atoms with Crippen LogP contribution in [-0.4, -0.2) is 70.3 Å². The van der Waals surface area contributed by atoms with Crippen molar-refractivity contribution in [3.05, 3.63) is 0 Å². The molecule has 182 valence electrons. The lowest BCUT2D eigenvalue weighted by atomic mass is 9.97. The van der Waals surface area contributed by atoms with Crippen molar-refractivity contribution < 1.29 is 29.1 Å². The predicted octanol–water partition coefficient (Wildman–Crippen LogP) is -0.673. The van der Waals surface area contributed by atoms with E-state index in [4.69, 9.17) is 11.5 Å². The second-order valence-electron chi connectivity index (χ2n) is 8.87. The van der Waals surface area contributed by atoms with E-state index in [-0.39, 0.29) is 18.3 Å². The van der Waals surface area contributed by atoms with Crippen LogP contribution >= 0.6 is 0 Å². The summed E-state index contributed by atoms with van der Waals surface area (Å²) in [7, 11) is 0. The van der Waals surface area contributed by atoms with Crippen LogP contribution in [0.2, 0.25) is 0 Å². The Kier molecular flexibility index (Phi) is 10.6. The molecule has 0 saturated carbocycles. The van der Waals surface area contributed by atoms with Crippen molar-refractivity contribution in [1.82, 2.24) is 15.5 Å². The third kappa shape index (κ3) is 7.77. The highest BCUT2D eigenvalue weighted by Gasteiger charge is 2.38. The van der Waals surface area contributed by atoms with Gasteiger partial charge in [0, 0.05) is 6.54 Å². The molecule has 1 heterocycles. The molecule has 0 aromatic heterocycles. The summed E-state index contributed by atoms with van der Waals surface area (Å²) in [6, 6.07) is -3.99. The van der Waals surface area contributed by atoms with Gasteiger partial charge in [0.15, 0.2) is 0 Å². The summed E-state index contributed by atoms with van der Waals surface area (Å²) in [6.45, 7) is 7.62. The Morgan fingerprint density at radius 1 is 1.12 bits per heavy atom. The molecule has 0 spiro atoms. The fraction of sp³-hybridized carbons (Fsp3) is 0.762. The van der Waals surface area contributed by atoms with Crippen molar-refractivity contribution >= 4 is 29.6 Å². The number of nitrogens with two attached hydrogens (primary N) is 2. The largest absolute Gasteiger partial charge is 0.480 e. The van der Waals surface area contributed by atoms with Crippen molar-refractivity contribution in [2.45, 2.75) is 84.0 Å². The highest BCUT2D eigenvalue weighted by Crippen LogP contribution is 2.20. The first-order chi connectivity index (χ1) is 14.9. The van der Waals surface area contributed by atoms with E-state index >= 15 is 0 Å². The van der Waals surface area contributed by atoms with Gasteiger partial charge in [0.1, 0.15) is 18.1 Å². The van der Waals surface area contributed by atoms with Crippen molar-refractivity contribution in [2.24, 2.45) is 23.3 Å². The lowest BCUT2D eigenvalue weighted by Crippen LogP contribution is -2.57. The molecule has 4 amide bonds.